The number of hydrogen-bond acceptors (Lipinski definition) is 4. The summed E-state index contributed by atoms with van der Waals surface area (Å²) in [6, 6.07) is 7.60. The van der Waals surface area contributed by atoms with E-state index in [9.17, 15) is 4.79 Å². The monoisotopic (exact) mass is 259 g/mol. The quantitative estimate of drug-likeness (QED) is 0.834. The molecule has 0 bridgehead atoms. The Bertz CT molecular complexity index is 553. The molecule has 2 heterocycles. The van der Waals surface area contributed by atoms with Crippen LogP contribution in [0.15, 0.2) is 34.3 Å². The van der Waals surface area contributed by atoms with Gasteiger partial charge in [-0.15, -0.1) is 0 Å². The van der Waals surface area contributed by atoms with Gasteiger partial charge in [0.2, 0.25) is 0 Å². The van der Waals surface area contributed by atoms with Crippen LogP contribution in [-0.2, 0) is 4.79 Å². The normalized spacial score (nSPS) is 20.7. The van der Waals surface area contributed by atoms with E-state index in [4.69, 9.17) is 0 Å². The van der Waals surface area contributed by atoms with E-state index in [2.05, 4.69) is 9.98 Å². The highest BCUT2D eigenvalue weighted by atomic mass is 32.2. The van der Waals surface area contributed by atoms with Crippen molar-refractivity contribution in [3.8, 4) is 0 Å². The highest BCUT2D eigenvalue weighted by Crippen LogP contribution is 2.29. The molecule has 4 nitrogen and oxygen atoms in total. The molecule has 1 aromatic carbocycles. The van der Waals surface area contributed by atoms with Gasteiger partial charge in [0.1, 0.15) is 11.9 Å². The lowest BCUT2D eigenvalue weighted by atomic mass is 10.1. The summed E-state index contributed by atoms with van der Waals surface area (Å²) >= 11 is 1.74. The number of amides is 1. The van der Waals surface area contributed by atoms with Crippen molar-refractivity contribution >= 4 is 35.5 Å². The number of nitrogens with zero attached hydrogens (tertiary/aromatic N) is 3. The second-order valence-corrected chi connectivity index (χ2v) is 5.23. The molecule has 0 aromatic heterocycles. The molecule has 0 spiro atoms. The van der Waals surface area contributed by atoms with Crippen LogP contribution >= 0.6 is 11.8 Å². The van der Waals surface area contributed by atoms with E-state index >= 15 is 0 Å². The summed E-state index contributed by atoms with van der Waals surface area (Å²) in [5, 5.41) is 0. The maximum Gasteiger partial charge on any atom is 0.270 e. The minimum Gasteiger partial charge on any atom is -0.304 e. The van der Waals surface area contributed by atoms with E-state index < -0.39 is 0 Å². The standard InChI is InChI=1S/C13H13N3OS/c1-18-7-6-11-13(17)15-12-9-4-2-3-5-10(9)14-8-16(11)12/h2-5,8,11H,6-7H2,1H3. The third-order valence-electron chi connectivity index (χ3n) is 3.14. The molecule has 1 aromatic rings. The van der Waals surface area contributed by atoms with Crippen LogP contribution in [-0.4, -0.2) is 41.0 Å². The molecule has 3 rings (SSSR count). The van der Waals surface area contributed by atoms with Gasteiger partial charge in [-0.2, -0.15) is 16.8 Å². The second kappa shape index (κ2) is 4.57. The topological polar surface area (TPSA) is 45.0 Å². The van der Waals surface area contributed by atoms with Crippen molar-refractivity contribution in [3.05, 3.63) is 29.8 Å². The van der Waals surface area contributed by atoms with Gasteiger partial charge in [0.25, 0.3) is 5.91 Å². The van der Waals surface area contributed by atoms with Gasteiger partial charge in [-0.05, 0) is 30.6 Å². The Balaban J connectivity index is 1.95. The molecule has 5 heteroatoms. The van der Waals surface area contributed by atoms with Crippen LogP contribution in [0.2, 0.25) is 0 Å². The average Bonchev–Trinajstić information content (AvgIpc) is 2.72. The third-order valence-corrected chi connectivity index (χ3v) is 3.79. The fourth-order valence-electron chi connectivity index (χ4n) is 2.23. The zero-order valence-corrected chi connectivity index (χ0v) is 10.9. The van der Waals surface area contributed by atoms with Crippen molar-refractivity contribution in [2.45, 2.75) is 12.5 Å². The van der Waals surface area contributed by atoms with E-state index in [1.165, 1.54) is 0 Å². The van der Waals surface area contributed by atoms with Crippen molar-refractivity contribution in [3.63, 3.8) is 0 Å². The number of fused-ring (bicyclic) bond motifs is 3. The molecule has 2 aliphatic heterocycles. The summed E-state index contributed by atoms with van der Waals surface area (Å²) in [6.45, 7) is 0. The predicted molar refractivity (Wildman–Crippen MR) is 74.8 cm³/mol. The average molecular weight is 259 g/mol. The Labute approximate surface area is 110 Å². The second-order valence-electron chi connectivity index (χ2n) is 4.24. The molecule has 18 heavy (non-hydrogen) atoms. The number of hydrogen-bond donors (Lipinski definition) is 0. The van der Waals surface area contributed by atoms with Gasteiger partial charge in [-0.25, -0.2) is 4.99 Å². The van der Waals surface area contributed by atoms with Gasteiger partial charge in [0.05, 0.1) is 12.0 Å². The summed E-state index contributed by atoms with van der Waals surface area (Å²) in [5.74, 6) is 1.64. The van der Waals surface area contributed by atoms with Gasteiger partial charge in [0, 0.05) is 5.56 Å². The maximum absolute atomic E-state index is 12.0. The largest absolute Gasteiger partial charge is 0.304 e. The Kier molecular flexibility index (Phi) is 2.91. The number of aliphatic imine (C=N–C) groups is 2. The SMILES string of the molecule is CSCCC1C(=O)N=C2c3ccccc3N=CN21. The lowest BCUT2D eigenvalue weighted by Gasteiger charge is -2.25. The summed E-state index contributed by atoms with van der Waals surface area (Å²) in [7, 11) is 0. The molecule has 92 valence electrons. The maximum atomic E-state index is 12.0. The molecule has 0 aliphatic carbocycles. The van der Waals surface area contributed by atoms with Crippen LogP contribution in [0, 0.1) is 0 Å². The van der Waals surface area contributed by atoms with Gasteiger partial charge in [-0.3, -0.25) is 4.79 Å². The molecule has 0 N–H and O–H groups in total. The van der Waals surface area contributed by atoms with Crippen LogP contribution in [0.1, 0.15) is 12.0 Å². The van der Waals surface area contributed by atoms with Gasteiger partial charge in [0.15, 0.2) is 0 Å². The molecule has 0 fully saturated rings. The van der Waals surface area contributed by atoms with Crippen molar-refractivity contribution in [2.24, 2.45) is 9.98 Å². The number of amidine groups is 1. The minimum atomic E-state index is -0.176. The Morgan fingerprint density at radius 1 is 1.39 bits per heavy atom. The zero-order valence-electron chi connectivity index (χ0n) is 10.0. The molecule has 2 aliphatic rings. The van der Waals surface area contributed by atoms with Gasteiger partial charge in [-0.1, -0.05) is 12.1 Å². The Hall–Kier alpha value is -1.62. The fraction of sp³-hybridized carbons (Fsp3) is 0.308. The molecule has 0 radical (unpaired) electrons. The molecule has 0 saturated heterocycles. The highest BCUT2D eigenvalue weighted by molar-refractivity contribution is 7.98. The van der Waals surface area contributed by atoms with E-state index in [1.807, 2.05) is 35.4 Å². The van der Waals surface area contributed by atoms with Gasteiger partial charge >= 0.3 is 0 Å². The van der Waals surface area contributed by atoms with Crippen LogP contribution in [0.4, 0.5) is 5.69 Å². The first-order chi connectivity index (χ1) is 8.81. The van der Waals surface area contributed by atoms with Crippen molar-refractivity contribution in [2.75, 3.05) is 12.0 Å². The summed E-state index contributed by atoms with van der Waals surface area (Å²) in [6.07, 6.45) is 4.58. The summed E-state index contributed by atoms with van der Waals surface area (Å²) in [5.41, 5.74) is 1.82. The van der Waals surface area contributed by atoms with Crippen LogP contribution < -0.4 is 0 Å². The molecular formula is C13H13N3OS. The molecule has 1 amide bonds. The molecule has 0 saturated carbocycles. The number of para-hydroxylation sites is 1. The first-order valence-electron chi connectivity index (χ1n) is 5.84. The Morgan fingerprint density at radius 3 is 3.06 bits per heavy atom. The Morgan fingerprint density at radius 2 is 2.22 bits per heavy atom. The zero-order chi connectivity index (χ0) is 12.5. The lowest BCUT2D eigenvalue weighted by molar-refractivity contribution is -0.119. The lowest BCUT2D eigenvalue weighted by Crippen LogP contribution is -2.39. The van der Waals surface area contributed by atoms with Crippen molar-refractivity contribution in [1.29, 1.82) is 0 Å². The summed E-state index contributed by atoms with van der Waals surface area (Å²) < 4.78 is 0. The van der Waals surface area contributed by atoms with E-state index in [1.54, 1.807) is 18.1 Å². The predicted octanol–water partition coefficient (Wildman–Crippen LogP) is 2.07. The van der Waals surface area contributed by atoms with Crippen LogP contribution in [0.5, 0.6) is 0 Å². The highest BCUT2D eigenvalue weighted by Gasteiger charge is 2.36. The smallest absolute Gasteiger partial charge is 0.270 e. The molecular weight excluding hydrogens is 246 g/mol. The van der Waals surface area contributed by atoms with E-state index in [-0.39, 0.29) is 11.9 Å². The number of benzene rings is 1. The van der Waals surface area contributed by atoms with Crippen LogP contribution in [0.3, 0.4) is 0 Å². The first-order valence-corrected chi connectivity index (χ1v) is 7.24. The van der Waals surface area contributed by atoms with E-state index in [0.29, 0.717) is 0 Å². The minimum absolute atomic E-state index is 0.0535. The van der Waals surface area contributed by atoms with E-state index in [0.717, 1.165) is 29.3 Å². The molecule has 1 atom stereocenters. The number of thioether (sulfide) groups is 1. The fourth-order valence-corrected chi connectivity index (χ4v) is 2.69. The number of carbonyl (C=O) groups is 1. The number of rotatable bonds is 3. The first kappa shape index (κ1) is 11.5. The van der Waals surface area contributed by atoms with Crippen LogP contribution in [0.25, 0.3) is 0 Å². The number of carbonyl (C=O) groups excluding carboxylic acids is 1. The molecule has 1 unspecified atom stereocenters. The van der Waals surface area contributed by atoms with Crippen molar-refractivity contribution < 1.29 is 4.79 Å². The summed E-state index contributed by atoms with van der Waals surface area (Å²) in [4.78, 5) is 22.4. The van der Waals surface area contributed by atoms with Crippen molar-refractivity contribution in [1.82, 2.24) is 4.90 Å². The van der Waals surface area contributed by atoms with Gasteiger partial charge < -0.3 is 4.90 Å². The third kappa shape index (κ3) is 1.75.